The molecule has 4 atom stereocenters. The molecule has 1 heterocycles. The largest absolute Gasteiger partial charge is 0.390 e. The SMILES string of the molecule is CCCCNC(O)N1CC(O)C(O)C(C(F)F)C1. The lowest BCUT2D eigenvalue weighted by Gasteiger charge is -2.41. The van der Waals surface area contributed by atoms with Crippen LogP contribution in [0.4, 0.5) is 8.78 Å². The van der Waals surface area contributed by atoms with Crippen molar-refractivity contribution in [3.05, 3.63) is 0 Å². The van der Waals surface area contributed by atoms with Gasteiger partial charge in [0.25, 0.3) is 0 Å². The molecule has 4 unspecified atom stereocenters. The fourth-order valence-corrected chi connectivity index (χ4v) is 2.05. The number of likely N-dealkylation sites (tertiary alicyclic amines) is 1. The molecule has 0 aromatic heterocycles. The van der Waals surface area contributed by atoms with Crippen molar-refractivity contribution in [2.75, 3.05) is 19.6 Å². The van der Waals surface area contributed by atoms with Gasteiger partial charge in [-0.05, 0) is 13.0 Å². The van der Waals surface area contributed by atoms with Crippen molar-refractivity contribution in [1.82, 2.24) is 10.2 Å². The maximum Gasteiger partial charge on any atom is 0.245 e. The first-order valence-electron chi connectivity index (χ1n) is 6.27. The number of aliphatic hydroxyl groups excluding tert-OH is 3. The van der Waals surface area contributed by atoms with Crippen LogP contribution in [0, 0.1) is 5.92 Å². The number of nitrogens with one attached hydrogen (secondary N) is 1. The summed E-state index contributed by atoms with van der Waals surface area (Å²) in [6.45, 7) is 2.41. The fourth-order valence-electron chi connectivity index (χ4n) is 2.05. The lowest BCUT2D eigenvalue weighted by molar-refractivity contribution is -0.153. The Morgan fingerprint density at radius 2 is 2.00 bits per heavy atom. The van der Waals surface area contributed by atoms with Crippen LogP contribution < -0.4 is 5.32 Å². The highest BCUT2D eigenvalue weighted by Crippen LogP contribution is 2.24. The minimum atomic E-state index is -2.72. The van der Waals surface area contributed by atoms with Crippen LogP contribution in [-0.2, 0) is 0 Å². The molecule has 0 saturated carbocycles. The van der Waals surface area contributed by atoms with Gasteiger partial charge in [-0.1, -0.05) is 13.3 Å². The number of rotatable bonds is 6. The molecule has 1 fully saturated rings. The van der Waals surface area contributed by atoms with E-state index in [-0.39, 0.29) is 13.1 Å². The average Bonchev–Trinajstić information content (AvgIpc) is 2.32. The highest BCUT2D eigenvalue weighted by molar-refractivity contribution is 4.88. The number of halogens is 2. The van der Waals surface area contributed by atoms with E-state index < -0.39 is 30.9 Å². The van der Waals surface area contributed by atoms with Crippen LogP contribution in [0.5, 0.6) is 0 Å². The third kappa shape index (κ3) is 4.10. The van der Waals surface area contributed by atoms with Crippen LogP contribution in [0.2, 0.25) is 0 Å². The van der Waals surface area contributed by atoms with Crippen molar-refractivity contribution in [3.8, 4) is 0 Å². The molecule has 0 radical (unpaired) electrons. The molecule has 1 rings (SSSR count). The summed E-state index contributed by atoms with van der Waals surface area (Å²) in [6, 6.07) is 0. The number of hydrogen-bond acceptors (Lipinski definition) is 5. The topological polar surface area (TPSA) is 76.0 Å². The molecule has 0 amide bonds. The average molecular weight is 268 g/mol. The molecule has 1 saturated heterocycles. The predicted molar refractivity (Wildman–Crippen MR) is 62.0 cm³/mol. The molecule has 0 aliphatic carbocycles. The maximum absolute atomic E-state index is 12.7. The molecule has 5 nitrogen and oxygen atoms in total. The monoisotopic (exact) mass is 268 g/mol. The Labute approximate surface area is 105 Å². The first kappa shape index (κ1) is 15.7. The molecule has 1 aliphatic heterocycles. The van der Waals surface area contributed by atoms with E-state index in [1.165, 1.54) is 4.90 Å². The second-order valence-electron chi connectivity index (χ2n) is 4.69. The number of hydrogen-bond donors (Lipinski definition) is 4. The summed E-state index contributed by atoms with van der Waals surface area (Å²) >= 11 is 0. The lowest BCUT2D eigenvalue weighted by Crippen LogP contribution is -2.60. The Morgan fingerprint density at radius 1 is 1.33 bits per heavy atom. The van der Waals surface area contributed by atoms with E-state index >= 15 is 0 Å². The van der Waals surface area contributed by atoms with Gasteiger partial charge < -0.3 is 15.3 Å². The van der Waals surface area contributed by atoms with Gasteiger partial charge >= 0.3 is 0 Å². The first-order chi connectivity index (χ1) is 8.47. The van der Waals surface area contributed by atoms with E-state index in [0.29, 0.717) is 6.54 Å². The summed E-state index contributed by atoms with van der Waals surface area (Å²) in [5.74, 6) is -1.34. The normalized spacial score (nSPS) is 31.8. The summed E-state index contributed by atoms with van der Waals surface area (Å²) in [5, 5.41) is 31.6. The van der Waals surface area contributed by atoms with E-state index in [1.807, 2.05) is 6.92 Å². The summed E-state index contributed by atoms with van der Waals surface area (Å²) in [4.78, 5) is 1.32. The number of nitrogens with zero attached hydrogens (tertiary/aromatic N) is 1. The molecule has 108 valence electrons. The van der Waals surface area contributed by atoms with Crippen molar-refractivity contribution >= 4 is 0 Å². The molecule has 0 aromatic carbocycles. The van der Waals surface area contributed by atoms with Crippen molar-refractivity contribution in [1.29, 1.82) is 0 Å². The highest BCUT2D eigenvalue weighted by atomic mass is 19.3. The van der Waals surface area contributed by atoms with E-state index in [1.54, 1.807) is 0 Å². The Kier molecular flexibility index (Phi) is 6.37. The van der Waals surface area contributed by atoms with E-state index in [9.17, 15) is 24.1 Å². The van der Waals surface area contributed by atoms with Crippen LogP contribution in [0.1, 0.15) is 19.8 Å². The molecular weight excluding hydrogens is 246 g/mol. The van der Waals surface area contributed by atoms with Gasteiger partial charge in [-0.3, -0.25) is 10.2 Å². The number of aliphatic hydroxyl groups is 3. The van der Waals surface area contributed by atoms with Crippen molar-refractivity contribution in [3.63, 3.8) is 0 Å². The first-order valence-corrected chi connectivity index (χ1v) is 6.27. The number of alkyl halides is 2. The van der Waals surface area contributed by atoms with E-state index in [4.69, 9.17) is 0 Å². The van der Waals surface area contributed by atoms with Crippen LogP contribution in [0.3, 0.4) is 0 Å². The van der Waals surface area contributed by atoms with Gasteiger partial charge in [-0.2, -0.15) is 0 Å². The highest BCUT2D eigenvalue weighted by Gasteiger charge is 2.41. The smallest absolute Gasteiger partial charge is 0.245 e. The Morgan fingerprint density at radius 3 is 2.56 bits per heavy atom. The predicted octanol–water partition coefficient (Wildman–Crippen LogP) is -0.429. The zero-order chi connectivity index (χ0) is 13.7. The number of β-amino-alcohol motifs (C(OH)–C–C–N with tert-alkyl or cyclic N) is 1. The van der Waals surface area contributed by atoms with Crippen molar-refractivity contribution < 1.29 is 24.1 Å². The van der Waals surface area contributed by atoms with Gasteiger partial charge in [-0.25, -0.2) is 8.78 Å². The van der Waals surface area contributed by atoms with E-state index in [2.05, 4.69) is 5.32 Å². The Bertz CT molecular complexity index is 246. The van der Waals surface area contributed by atoms with Gasteiger partial charge in [0.15, 0.2) is 6.35 Å². The second kappa shape index (κ2) is 7.30. The summed E-state index contributed by atoms with van der Waals surface area (Å²) in [5.41, 5.74) is 0. The number of unbranched alkanes of at least 4 members (excludes halogenated alkanes) is 1. The molecule has 1 aliphatic rings. The zero-order valence-corrected chi connectivity index (χ0v) is 10.5. The summed E-state index contributed by atoms with van der Waals surface area (Å²) < 4.78 is 25.4. The molecule has 0 spiro atoms. The van der Waals surface area contributed by atoms with E-state index in [0.717, 1.165) is 12.8 Å². The summed E-state index contributed by atoms with van der Waals surface area (Å²) in [7, 11) is 0. The molecule has 0 aromatic rings. The van der Waals surface area contributed by atoms with Gasteiger partial charge in [0.1, 0.15) is 0 Å². The van der Waals surface area contributed by atoms with Crippen molar-refractivity contribution in [2.24, 2.45) is 5.92 Å². The van der Waals surface area contributed by atoms with Crippen LogP contribution in [-0.4, -0.2) is 64.8 Å². The molecular formula is C11H22F2N2O3. The van der Waals surface area contributed by atoms with Gasteiger partial charge in [0.05, 0.1) is 18.1 Å². The summed E-state index contributed by atoms with van der Waals surface area (Å²) in [6.07, 6.45) is -4.67. The fraction of sp³-hybridized carbons (Fsp3) is 1.00. The molecule has 7 heteroatoms. The van der Waals surface area contributed by atoms with Gasteiger partial charge in [-0.15, -0.1) is 0 Å². The van der Waals surface area contributed by atoms with Crippen LogP contribution in [0.15, 0.2) is 0 Å². The Hall–Kier alpha value is -0.340. The lowest BCUT2D eigenvalue weighted by atomic mass is 9.93. The zero-order valence-electron chi connectivity index (χ0n) is 10.5. The molecule has 0 bridgehead atoms. The van der Waals surface area contributed by atoms with Gasteiger partial charge in [0.2, 0.25) is 6.43 Å². The quantitative estimate of drug-likeness (QED) is 0.388. The van der Waals surface area contributed by atoms with Crippen LogP contribution >= 0.6 is 0 Å². The number of piperidine rings is 1. The standard InChI is InChI=1S/C11H22F2N2O3/c1-2-3-4-14-11(18)15-5-7(10(12)13)9(17)8(16)6-15/h7-11,14,16-18H,2-6H2,1H3. The van der Waals surface area contributed by atoms with Crippen LogP contribution in [0.25, 0.3) is 0 Å². The van der Waals surface area contributed by atoms with Crippen molar-refractivity contribution in [2.45, 2.75) is 44.8 Å². The van der Waals surface area contributed by atoms with Gasteiger partial charge in [0, 0.05) is 13.1 Å². The molecule has 18 heavy (non-hydrogen) atoms. The third-order valence-corrected chi connectivity index (χ3v) is 3.23. The maximum atomic E-state index is 12.7. The minimum absolute atomic E-state index is 0.0231. The third-order valence-electron chi connectivity index (χ3n) is 3.23. The molecule has 4 N–H and O–H groups in total. The Balaban J connectivity index is 2.51. The second-order valence-corrected chi connectivity index (χ2v) is 4.69. The minimum Gasteiger partial charge on any atom is -0.390 e.